The molecule has 0 saturated heterocycles. The summed E-state index contributed by atoms with van der Waals surface area (Å²) in [4.78, 5) is 3.94. The summed E-state index contributed by atoms with van der Waals surface area (Å²) in [5.41, 5.74) is 6.05. The van der Waals surface area contributed by atoms with Gasteiger partial charge in [0.2, 0.25) is 0 Å². The Labute approximate surface area is 110 Å². The maximum Gasteiger partial charge on any atom is 0.152 e. The van der Waals surface area contributed by atoms with E-state index in [0.717, 1.165) is 6.07 Å². The molecule has 98 valence electrons. The highest BCUT2D eigenvalue weighted by molar-refractivity contribution is 5.91. The van der Waals surface area contributed by atoms with E-state index in [-0.39, 0.29) is 22.3 Å². The number of nitrogens with zero attached hydrogens (tertiary/aromatic N) is 1. The zero-order chi connectivity index (χ0) is 14.4. The van der Waals surface area contributed by atoms with E-state index in [0.29, 0.717) is 10.9 Å². The lowest BCUT2D eigenvalue weighted by molar-refractivity contribution is 0.581. The molecular weight excluding hydrogens is 246 g/mol. The van der Waals surface area contributed by atoms with Crippen LogP contribution in [-0.4, -0.2) is 4.98 Å². The zero-order valence-electron chi connectivity index (χ0n) is 11.0. The molecule has 0 atom stereocenters. The van der Waals surface area contributed by atoms with Crippen LogP contribution >= 0.6 is 0 Å². The molecule has 19 heavy (non-hydrogen) atoms. The molecule has 0 aliphatic rings. The molecule has 0 bridgehead atoms. The Kier molecular flexibility index (Phi) is 2.94. The predicted octanol–water partition coefficient (Wildman–Crippen LogP) is 3.37. The summed E-state index contributed by atoms with van der Waals surface area (Å²) in [5.74, 6) is 0.941. The van der Waals surface area contributed by atoms with Crippen LogP contribution in [0.4, 0.5) is 14.6 Å². The first-order valence-corrected chi connectivity index (χ1v) is 5.81. The van der Waals surface area contributed by atoms with Crippen LogP contribution in [0.15, 0.2) is 12.1 Å². The second kappa shape index (κ2) is 4.20. The quantitative estimate of drug-likeness (QED) is 0.737. The molecule has 0 aliphatic heterocycles. The minimum absolute atomic E-state index is 0.0132. The van der Waals surface area contributed by atoms with Crippen molar-refractivity contribution in [2.75, 3.05) is 5.73 Å². The van der Waals surface area contributed by atoms with Crippen molar-refractivity contribution < 1.29 is 8.78 Å². The van der Waals surface area contributed by atoms with E-state index < -0.39 is 11.6 Å². The summed E-state index contributed by atoms with van der Waals surface area (Å²) >= 11 is 0. The van der Waals surface area contributed by atoms with Crippen molar-refractivity contribution in [3.8, 4) is 12.3 Å². The van der Waals surface area contributed by atoms with Crippen LogP contribution in [0.2, 0.25) is 0 Å². The number of fused-ring (bicyclic) bond motifs is 1. The molecule has 1 heterocycles. The van der Waals surface area contributed by atoms with Crippen molar-refractivity contribution >= 4 is 16.7 Å². The second-order valence-electron chi connectivity index (χ2n) is 5.43. The summed E-state index contributed by atoms with van der Waals surface area (Å²) in [6.07, 6.45) is 5.35. The molecule has 0 amide bonds. The minimum Gasteiger partial charge on any atom is -0.384 e. The van der Waals surface area contributed by atoms with Gasteiger partial charge in [-0.05, 0) is 17.0 Å². The maximum atomic E-state index is 13.9. The predicted molar refractivity (Wildman–Crippen MR) is 72.7 cm³/mol. The summed E-state index contributed by atoms with van der Waals surface area (Å²) in [7, 11) is 0. The van der Waals surface area contributed by atoms with Crippen LogP contribution in [-0.2, 0) is 5.41 Å². The summed E-state index contributed by atoms with van der Waals surface area (Å²) in [6.45, 7) is 5.76. The van der Waals surface area contributed by atoms with E-state index >= 15 is 0 Å². The normalized spacial score (nSPS) is 11.6. The van der Waals surface area contributed by atoms with Gasteiger partial charge in [-0.1, -0.05) is 26.7 Å². The number of nitrogen functional groups attached to an aromatic ring is 1. The van der Waals surface area contributed by atoms with Gasteiger partial charge in [0, 0.05) is 11.5 Å². The molecule has 0 radical (unpaired) electrons. The van der Waals surface area contributed by atoms with Crippen LogP contribution in [0.25, 0.3) is 10.9 Å². The fourth-order valence-electron chi connectivity index (χ4n) is 2.09. The Hall–Kier alpha value is -2.15. The molecule has 2 nitrogen and oxygen atoms in total. The highest BCUT2D eigenvalue weighted by atomic mass is 19.1. The molecule has 1 aromatic heterocycles. The first kappa shape index (κ1) is 13.3. The van der Waals surface area contributed by atoms with Gasteiger partial charge >= 0.3 is 0 Å². The van der Waals surface area contributed by atoms with Gasteiger partial charge in [0.15, 0.2) is 5.82 Å². The molecule has 0 spiro atoms. The number of terminal acetylenes is 1. The van der Waals surface area contributed by atoms with Crippen molar-refractivity contribution in [2.45, 2.75) is 26.2 Å². The topological polar surface area (TPSA) is 38.9 Å². The third-order valence-corrected chi connectivity index (χ3v) is 2.96. The average Bonchev–Trinajstić information content (AvgIpc) is 2.28. The van der Waals surface area contributed by atoms with Gasteiger partial charge in [-0.15, -0.1) is 6.42 Å². The lowest BCUT2D eigenvalue weighted by atomic mass is 9.83. The number of benzene rings is 1. The molecular formula is C15H14F2N2. The first-order valence-electron chi connectivity index (χ1n) is 5.81. The fourth-order valence-corrected chi connectivity index (χ4v) is 2.09. The van der Waals surface area contributed by atoms with Crippen LogP contribution in [0.5, 0.6) is 0 Å². The van der Waals surface area contributed by atoms with E-state index in [2.05, 4.69) is 10.9 Å². The Balaban J connectivity index is 3.09. The smallest absolute Gasteiger partial charge is 0.152 e. The van der Waals surface area contributed by atoms with Gasteiger partial charge in [-0.25, -0.2) is 13.8 Å². The van der Waals surface area contributed by atoms with Gasteiger partial charge < -0.3 is 5.73 Å². The van der Waals surface area contributed by atoms with Crippen molar-refractivity contribution in [2.24, 2.45) is 0 Å². The molecule has 2 aromatic rings. The molecule has 0 saturated carbocycles. The zero-order valence-corrected chi connectivity index (χ0v) is 11.0. The minimum atomic E-state index is -0.760. The standard InChI is InChI=1S/C15H14F2N2/c1-5-8-10(16)7-11(17)14-13(8)9(15(2,3)4)6-12(18)19-14/h1,6-7H,2-4H3,(H2,18,19). The van der Waals surface area contributed by atoms with Crippen LogP contribution < -0.4 is 5.73 Å². The third-order valence-electron chi connectivity index (χ3n) is 2.96. The number of hydrogen-bond donors (Lipinski definition) is 1. The van der Waals surface area contributed by atoms with Gasteiger partial charge in [0.25, 0.3) is 0 Å². The Morgan fingerprint density at radius 3 is 2.37 bits per heavy atom. The first-order chi connectivity index (χ1) is 8.75. The Morgan fingerprint density at radius 2 is 1.84 bits per heavy atom. The molecule has 0 fully saturated rings. The van der Waals surface area contributed by atoms with Gasteiger partial charge in [-0.2, -0.15) is 0 Å². The van der Waals surface area contributed by atoms with Gasteiger partial charge in [0.05, 0.1) is 5.56 Å². The molecule has 4 heteroatoms. The second-order valence-corrected chi connectivity index (χ2v) is 5.43. The van der Waals surface area contributed by atoms with E-state index in [9.17, 15) is 8.78 Å². The molecule has 2 N–H and O–H groups in total. The SMILES string of the molecule is C#Cc1c(F)cc(F)c2nc(N)cc(C(C)(C)C)c12. The van der Waals surface area contributed by atoms with E-state index in [1.807, 2.05) is 20.8 Å². The van der Waals surface area contributed by atoms with Crippen molar-refractivity contribution in [1.29, 1.82) is 0 Å². The number of rotatable bonds is 0. The monoisotopic (exact) mass is 260 g/mol. The van der Waals surface area contributed by atoms with Gasteiger partial charge in [0.1, 0.15) is 17.2 Å². The Morgan fingerprint density at radius 1 is 1.21 bits per heavy atom. The number of pyridine rings is 1. The van der Waals surface area contributed by atoms with Crippen LogP contribution in [0.1, 0.15) is 31.9 Å². The van der Waals surface area contributed by atoms with Gasteiger partial charge in [-0.3, -0.25) is 0 Å². The third kappa shape index (κ3) is 2.12. The highest BCUT2D eigenvalue weighted by Crippen LogP contribution is 2.34. The number of nitrogens with two attached hydrogens (primary N) is 1. The molecule has 2 rings (SSSR count). The van der Waals surface area contributed by atoms with E-state index in [1.54, 1.807) is 6.07 Å². The van der Waals surface area contributed by atoms with E-state index in [1.165, 1.54) is 0 Å². The summed E-state index contributed by atoms with van der Waals surface area (Å²) in [6, 6.07) is 2.36. The summed E-state index contributed by atoms with van der Waals surface area (Å²) < 4.78 is 27.7. The fraction of sp³-hybridized carbons (Fsp3) is 0.267. The van der Waals surface area contributed by atoms with Crippen LogP contribution in [0, 0.1) is 24.0 Å². The number of halogens is 2. The molecule has 1 aromatic carbocycles. The van der Waals surface area contributed by atoms with E-state index in [4.69, 9.17) is 12.2 Å². The Bertz CT molecular complexity index is 707. The lowest BCUT2D eigenvalue weighted by Crippen LogP contribution is -2.14. The number of aromatic nitrogens is 1. The van der Waals surface area contributed by atoms with Crippen LogP contribution in [0.3, 0.4) is 0 Å². The summed E-state index contributed by atoms with van der Waals surface area (Å²) in [5, 5.41) is 0.321. The van der Waals surface area contributed by atoms with Crippen molar-refractivity contribution in [3.05, 3.63) is 34.9 Å². The molecule has 0 aliphatic carbocycles. The largest absolute Gasteiger partial charge is 0.384 e. The molecule has 0 unspecified atom stereocenters. The lowest BCUT2D eigenvalue weighted by Gasteiger charge is -2.22. The number of hydrogen-bond acceptors (Lipinski definition) is 2. The van der Waals surface area contributed by atoms with Crippen molar-refractivity contribution in [1.82, 2.24) is 4.98 Å². The van der Waals surface area contributed by atoms with Crippen molar-refractivity contribution in [3.63, 3.8) is 0 Å². The number of anilines is 1. The highest BCUT2D eigenvalue weighted by Gasteiger charge is 2.23. The average molecular weight is 260 g/mol. The maximum absolute atomic E-state index is 13.9.